The zero-order chi connectivity index (χ0) is 25.5. The molecule has 1 aliphatic rings. The topological polar surface area (TPSA) is 83.8 Å². The second kappa shape index (κ2) is 12.1. The highest BCUT2D eigenvalue weighted by Gasteiger charge is 2.25. The Morgan fingerprint density at radius 1 is 1.06 bits per heavy atom. The lowest BCUT2D eigenvalue weighted by Crippen LogP contribution is -2.38. The van der Waals surface area contributed by atoms with Gasteiger partial charge in [0.25, 0.3) is 11.8 Å². The van der Waals surface area contributed by atoms with Gasteiger partial charge < -0.3 is 14.5 Å². The van der Waals surface area contributed by atoms with Gasteiger partial charge in [-0.15, -0.1) is 5.10 Å². The number of carbonyl (C=O) groups is 2. The van der Waals surface area contributed by atoms with E-state index in [2.05, 4.69) is 27.3 Å². The number of hydrogen-bond acceptors (Lipinski definition) is 6. The van der Waals surface area contributed by atoms with Gasteiger partial charge in [0.05, 0.1) is 11.9 Å². The Morgan fingerprint density at radius 3 is 2.58 bits per heavy atom. The number of nitrogens with zero attached hydrogens (tertiary/aromatic N) is 6. The Morgan fingerprint density at radius 2 is 1.86 bits per heavy atom. The van der Waals surface area contributed by atoms with Crippen molar-refractivity contribution in [1.82, 2.24) is 24.8 Å². The molecule has 9 nitrogen and oxygen atoms in total. The van der Waals surface area contributed by atoms with E-state index in [1.807, 2.05) is 24.3 Å². The van der Waals surface area contributed by atoms with Crippen molar-refractivity contribution in [2.24, 2.45) is 7.05 Å². The number of ether oxygens (including phenoxy) is 1. The lowest BCUT2D eigenvalue weighted by Gasteiger charge is -2.28. The van der Waals surface area contributed by atoms with E-state index in [-0.39, 0.29) is 24.1 Å². The van der Waals surface area contributed by atoms with Gasteiger partial charge in [-0.1, -0.05) is 53.2 Å². The number of anilines is 1. The van der Waals surface area contributed by atoms with Crippen LogP contribution >= 0.6 is 11.6 Å². The van der Waals surface area contributed by atoms with Crippen LogP contribution in [0.15, 0.2) is 54.7 Å². The van der Waals surface area contributed by atoms with Crippen molar-refractivity contribution >= 4 is 29.1 Å². The van der Waals surface area contributed by atoms with Crippen molar-refractivity contribution in [3.8, 4) is 0 Å². The Bertz CT molecular complexity index is 1190. The number of carbonyl (C=O) groups excluding carboxylic acids is 2. The summed E-state index contributed by atoms with van der Waals surface area (Å²) in [7, 11) is 3.24. The Kier molecular flexibility index (Phi) is 8.69. The number of halogens is 1. The van der Waals surface area contributed by atoms with Crippen LogP contribution in [-0.2, 0) is 29.7 Å². The monoisotopic (exact) mass is 510 g/mol. The number of hydrogen-bond donors (Lipinski definition) is 0. The third-order valence-electron chi connectivity index (χ3n) is 6.17. The first-order valence-corrected chi connectivity index (χ1v) is 12.3. The Labute approximate surface area is 216 Å². The predicted molar refractivity (Wildman–Crippen MR) is 138 cm³/mol. The van der Waals surface area contributed by atoms with Gasteiger partial charge in [-0.3, -0.25) is 19.2 Å². The van der Waals surface area contributed by atoms with Crippen LogP contribution in [0.1, 0.15) is 28.0 Å². The van der Waals surface area contributed by atoms with Crippen LogP contribution in [0.3, 0.4) is 0 Å². The minimum absolute atomic E-state index is 0.0397. The number of benzene rings is 2. The van der Waals surface area contributed by atoms with Gasteiger partial charge >= 0.3 is 0 Å². The molecule has 1 aromatic heterocycles. The first kappa shape index (κ1) is 25.8. The highest BCUT2D eigenvalue weighted by molar-refractivity contribution is 6.31. The summed E-state index contributed by atoms with van der Waals surface area (Å²) >= 11 is 6.36. The molecule has 2 aromatic carbocycles. The lowest BCUT2D eigenvalue weighted by atomic mass is 10.1. The zero-order valence-corrected chi connectivity index (χ0v) is 21.4. The van der Waals surface area contributed by atoms with Gasteiger partial charge in [0.1, 0.15) is 6.61 Å². The minimum atomic E-state index is -0.210. The fourth-order valence-electron chi connectivity index (χ4n) is 4.39. The van der Waals surface area contributed by atoms with Crippen LogP contribution in [0.4, 0.5) is 5.69 Å². The lowest BCUT2D eigenvalue weighted by molar-refractivity contribution is -0.122. The maximum Gasteiger partial charge on any atom is 0.276 e. The summed E-state index contributed by atoms with van der Waals surface area (Å²) in [6, 6.07) is 15.7. The number of methoxy groups -OCH3 is 1. The van der Waals surface area contributed by atoms with E-state index in [0.717, 1.165) is 25.1 Å². The van der Waals surface area contributed by atoms with Crippen molar-refractivity contribution < 1.29 is 14.3 Å². The van der Waals surface area contributed by atoms with Crippen molar-refractivity contribution in [3.05, 3.63) is 76.6 Å². The van der Waals surface area contributed by atoms with Gasteiger partial charge in [0.2, 0.25) is 0 Å². The summed E-state index contributed by atoms with van der Waals surface area (Å²) in [5, 5.41) is 8.49. The molecule has 4 rings (SSSR count). The smallest absolute Gasteiger partial charge is 0.276 e. The van der Waals surface area contributed by atoms with Crippen molar-refractivity contribution in [2.75, 3.05) is 44.8 Å². The van der Waals surface area contributed by atoms with Crippen LogP contribution in [0.25, 0.3) is 0 Å². The van der Waals surface area contributed by atoms with Crippen molar-refractivity contribution in [1.29, 1.82) is 0 Å². The van der Waals surface area contributed by atoms with E-state index in [0.29, 0.717) is 36.9 Å². The average molecular weight is 511 g/mol. The van der Waals surface area contributed by atoms with E-state index in [4.69, 9.17) is 16.3 Å². The van der Waals surface area contributed by atoms with E-state index >= 15 is 0 Å². The fraction of sp³-hybridized carbons (Fsp3) is 0.385. The Balaban J connectivity index is 1.69. The van der Waals surface area contributed by atoms with Crippen LogP contribution in [-0.4, -0.2) is 76.5 Å². The summed E-state index contributed by atoms with van der Waals surface area (Å²) < 4.78 is 6.67. The molecule has 190 valence electrons. The second-order valence-electron chi connectivity index (χ2n) is 8.87. The van der Waals surface area contributed by atoms with Crippen LogP contribution in [0, 0.1) is 0 Å². The Hall–Kier alpha value is -3.27. The van der Waals surface area contributed by atoms with Gasteiger partial charge in [-0.2, -0.15) is 0 Å². The summed E-state index contributed by atoms with van der Waals surface area (Å²) in [5.41, 5.74) is 3.00. The van der Waals surface area contributed by atoms with Crippen LogP contribution in [0.2, 0.25) is 5.02 Å². The first-order chi connectivity index (χ1) is 17.4. The third-order valence-corrected chi connectivity index (χ3v) is 6.40. The highest BCUT2D eigenvalue weighted by Crippen LogP contribution is 2.28. The largest absolute Gasteiger partial charge is 0.375 e. The predicted octanol–water partition coefficient (Wildman–Crippen LogP) is 3.00. The number of rotatable bonds is 5. The number of fused-ring (bicyclic) bond motifs is 1. The van der Waals surface area contributed by atoms with Crippen LogP contribution in [0.5, 0.6) is 0 Å². The molecule has 0 aliphatic carbocycles. The molecule has 0 N–H and O–H groups in total. The summed E-state index contributed by atoms with van der Waals surface area (Å²) in [6.45, 7) is 3.46. The second-order valence-corrected chi connectivity index (χ2v) is 9.31. The molecule has 0 fully saturated rings. The average Bonchev–Trinajstić information content (AvgIpc) is 3.30. The van der Waals surface area contributed by atoms with E-state index in [1.165, 1.54) is 17.4 Å². The molecular formula is C26H31ClN6O3. The number of aromatic nitrogens is 3. The molecule has 2 amide bonds. The molecule has 36 heavy (non-hydrogen) atoms. The number of aryl methyl sites for hydroxylation is 1. The number of amides is 2. The molecule has 0 unspecified atom stereocenters. The van der Waals surface area contributed by atoms with Crippen molar-refractivity contribution in [3.63, 3.8) is 0 Å². The van der Waals surface area contributed by atoms with Crippen molar-refractivity contribution in [2.45, 2.75) is 19.5 Å². The molecule has 0 radical (unpaired) electrons. The minimum Gasteiger partial charge on any atom is -0.375 e. The van der Waals surface area contributed by atoms with E-state index in [1.54, 1.807) is 35.2 Å². The molecule has 2 heterocycles. The highest BCUT2D eigenvalue weighted by atomic mass is 35.5. The molecule has 10 heteroatoms. The molecule has 0 spiro atoms. The fourth-order valence-corrected chi connectivity index (χ4v) is 4.56. The van der Waals surface area contributed by atoms with Crippen LogP contribution < -0.4 is 4.90 Å². The molecule has 0 bridgehead atoms. The van der Waals surface area contributed by atoms with Gasteiger partial charge in [0, 0.05) is 58.4 Å². The van der Waals surface area contributed by atoms with E-state index < -0.39 is 0 Å². The third kappa shape index (κ3) is 6.48. The van der Waals surface area contributed by atoms with Gasteiger partial charge in [-0.05, 0) is 29.7 Å². The maximum atomic E-state index is 13.5. The molecule has 0 atom stereocenters. The standard InChI is InChI=1S/C26H31ClN6O3/c1-30-18-23(28-29-30)26(35)32-14-13-31(16-20-7-4-3-5-8-20)11-6-12-33(25(34)19-36-2)24-15-22(27)10-9-21(24)17-32/h3-5,7-10,15,18H,6,11-14,16-17,19H2,1-2H3. The molecule has 0 saturated carbocycles. The normalized spacial score (nSPS) is 15.3. The summed E-state index contributed by atoms with van der Waals surface area (Å²) in [6.07, 6.45) is 2.37. The molecular weight excluding hydrogens is 480 g/mol. The molecule has 0 saturated heterocycles. The summed E-state index contributed by atoms with van der Waals surface area (Å²) in [5.74, 6) is -0.362. The first-order valence-electron chi connectivity index (χ1n) is 11.9. The SMILES string of the molecule is COCC(=O)N1CCCN(Cc2ccccc2)CCN(C(=O)c2cn(C)nn2)Cc2ccc(Cl)cc21. The van der Waals surface area contributed by atoms with E-state index in [9.17, 15) is 9.59 Å². The zero-order valence-electron chi connectivity index (χ0n) is 20.6. The van der Waals surface area contributed by atoms with Gasteiger partial charge in [-0.25, -0.2) is 0 Å². The van der Waals surface area contributed by atoms with Gasteiger partial charge in [0.15, 0.2) is 5.69 Å². The summed E-state index contributed by atoms with van der Waals surface area (Å²) in [4.78, 5) is 32.4. The quantitative estimate of drug-likeness (QED) is 0.524. The maximum absolute atomic E-state index is 13.5. The molecule has 3 aromatic rings. The molecule has 1 aliphatic heterocycles.